The van der Waals surface area contributed by atoms with Gasteiger partial charge < -0.3 is 9.47 Å². The summed E-state index contributed by atoms with van der Waals surface area (Å²) in [6.45, 7) is 9.70. The van der Waals surface area contributed by atoms with Gasteiger partial charge in [0.2, 0.25) is 0 Å². The van der Waals surface area contributed by atoms with Crippen molar-refractivity contribution in [2.45, 2.75) is 91.1 Å². The normalized spacial score (nSPS) is 11.6. The van der Waals surface area contributed by atoms with Gasteiger partial charge in [-0.05, 0) is 40.0 Å². The van der Waals surface area contributed by atoms with E-state index in [9.17, 15) is 4.79 Å². The number of carbonyl (C=O) groups is 1. The lowest BCUT2D eigenvalue weighted by molar-refractivity contribution is -0.154. The van der Waals surface area contributed by atoms with Gasteiger partial charge in [-0.3, -0.25) is 4.79 Å². The third-order valence-corrected chi connectivity index (χ3v) is 2.98. The Morgan fingerprint density at radius 2 is 1.40 bits per heavy atom. The zero-order valence-corrected chi connectivity index (χ0v) is 14.0. The van der Waals surface area contributed by atoms with Crippen molar-refractivity contribution in [3.8, 4) is 0 Å². The Morgan fingerprint density at radius 3 is 1.95 bits per heavy atom. The van der Waals surface area contributed by atoms with Gasteiger partial charge in [-0.25, -0.2) is 0 Å². The molecule has 0 aromatic heterocycles. The van der Waals surface area contributed by atoms with Crippen LogP contribution in [0.2, 0.25) is 0 Å². The highest BCUT2D eigenvalue weighted by Gasteiger charge is 2.15. The molecule has 20 heavy (non-hydrogen) atoms. The molecule has 3 heteroatoms. The second-order valence-electron chi connectivity index (χ2n) is 6.42. The number of esters is 1. The zero-order valence-electron chi connectivity index (χ0n) is 14.0. The standard InChI is InChI=1S/C17H34O3/c1-5-6-7-11-14-19-15-12-9-8-10-13-16(18)20-17(2,3)4/h5-15H2,1-4H3. The highest BCUT2D eigenvalue weighted by molar-refractivity contribution is 5.69. The van der Waals surface area contributed by atoms with Crippen molar-refractivity contribution < 1.29 is 14.3 Å². The molecule has 0 heterocycles. The fourth-order valence-corrected chi connectivity index (χ4v) is 1.95. The highest BCUT2D eigenvalue weighted by Crippen LogP contribution is 2.11. The van der Waals surface area contributed by atoms with Crippen molar-refractivity contribution in [2.24, 2.45) is 0 Å². The average molecular weight is 286 g/mol. The van der Waals surface area contributed by atoms with E-state index in [4.69, 9.17) is 9.47 Å². The molecule has 120 valence electrons. The average Bonchev–Trinajstić information content (AvgIpc) is 2.34. The number of hydrogen-bond acceptors (Lipinski definition) is 3. The second kappa shape index (κ2) is 12.2. The molecule has 0 aliphatic rings. The van der Waals surface area contributed by atoms with E-state index in [0.29, 0.717) is 6.42 Å². The van der Waals surface area contributed by atoms with Crippen LogP contribution in [0, 0.1) is 0 Å². The molecular formula is C17H34O3. The number of hydrogen-bond donors (Lipinski definition) is 0. The molecule has 3 nitrogen and oxygen atoms in total. The largest absolute Gasteiger partial charge is 0.460 e. The minimum atomic E-state index is -0.358. The number of carbonyl (C=O) groups excluding carboxylic acids is 1. The molecule has 0 amide bonds. The topological polar surface area (TPSA) is 35.5 Å². The first-order chi connectivity index (χ1) is 9.45. The molecule has 0 unspecified atom stereocenters. The Morgan fingerprint density at radius 1 is 0.850 bits per heavy atom. The van der Waals surface area contributed by atoms with Gasteiger partial charge in [0.1, 0.15) is 5.60 Å². The summed E-state index contributed by atoms with van der Waals surface area (Å²) in [4.78, 5) is 11.5. The van der Waals surface area contributed by atoms with E-state index in [1.807, 2.05) is 20.8 Å². The van der Waals surface area contributed by atoms with Crippen LogP contribution in [-0.2, 0) is 14.3 Å². The minimum Gasteiger partial charge on any atom is -0.460 e. The SMILES string of the molecule is CCCCCCOCCCCCCC(=O)OC(C)(C)C. The third kappa shape index (κ3) is 15.5. The smallest absolute Gasteiger partial charge is 0.306 e. The minimum absolute atomic E-state index is 0.0790. The number of ether oxygens (including phenoxy) is 2. The Bertz CT molecular complexity index is 231. The zero-order chi connectivity index (χ0) is 15.3. The van der Waals surface area contributed by atoms with Gasteiger partial charge in [-0.15, -0.1) is 0 Å². The van der Waals surface area contributed by atoms with Crippen LogP contribution < -0.4 is 0 Å². The van der Waals surface area contributed by atoms with E-state index >= 15 is 0 Å². The molecule has 0 saturated carbocycles. The maximum atomic E-state index is 11.5. The molecule has 0 fully saturated rings. The van der Waals surface area contributed by atoms with Gasteiger partial charge in [-0.2, -0.15) is 0 Å². The maximum Gasteiger partial charge on any atom is 0.306 e. The number of unbranched alkanes of at least 4 members (excludes halogenated alkanes) is 6. The van der Waals surface area contributed by atoms with Gasteiger partial charge >= 0.3 is 5.97 Å². The summed E-state index contributed by atoms with van der Waals surface area (Å²) < 4.78 is 10.8. The summed E-state index contributed by atoms with van der Waals surface area (Å²) in [5.74, 6) is -0.0790. The summed E-state index contributed by atoms with van der Waals surface area (Å²) in [5, 5.41) is 0. The van der Waals surface area contributed by atoms with Crippen LogP contribution in [-0.4, -0.2) is 24.8 Å². The van der Waals surface area contributed by atoms with Crippen LogP contribution >= 0.6 is 0 Å². The van der Waals surface area contributed by atoms with Crippen molar-refractivity contribution in [1.29, 1.82) is 0 Å². The molecule has 0 aromatic rings. The van der Waals surface area contributed by atoms with Gasteiger partial charge in [0.25, 0.3) is 0 Å². The van der Waals surface area contributed by atoms with E-state index in [1.165, 1.54) is 25.7 Å². The fourth-order valence-electron chi connectivity index (χ4n) is 1.95. The predicted octanol–water partition coefficient (Wildman–Crippen LogP) is 4.88. The van der Waals surface area contributed by atoms with Crippen LogP contribution in [0.25, 0.3) is 0 Å². The van der Waals surface area contributed by atoms with Crippen molar-refractivity contribution in [1.82, 2.24) is 0 Å². The van der Waals surface area contributed by atoms with E-state index in [2.05, 4.69) is 6.92 Å². The van der Waals surface area contributed by atoms with E-state index in [1.54, 1.807) is 0 Å². The molecule has 0 aromatic carbocycles. The third-order valence-electron chi connectivity index (χ3n) is 2.98. The molecule has 0 spiro atoms. The molecule has 0 bridgehead atoms. The van der Waals surface area contributed by atoms with E-state index in [0.717, 1.165) is 38.9 Å². The molecule has 0 atom stereocenters. The summed E-state index contributed by atoms with van der Waals surface area (Å²) in [6, 6.07) is 0. The quantitative estimate of drug-likeness (QED) is 0.379. The Balaban J connectivity index is 3.19. The number of rotatable bonds is 12. The van der Waals surface area contributed by atoms with Gasteiger partial charge in [-0.1, -0.05) is 39.0 Å². The lowest BCUT2D eigenvalue weighted by Crippen LogP contribution is -2.23. The van der Waals surface area contributed by atoms with Gasteiger partial charge in [0.15, 0.2) is 0 Å². The molecule has 0 N–H and O–H groups in total. The van der Waals surface area contributed by atoms with E-state index < -0.39 is 0 Å². The molecule has 0 aliphatic heterocycles. The Hall–Kier alpha value is -0.570. The lowest BCUT2D eigenvalue weighted by atomic mass is 10.1. The maximum absolute atomic E-state index is 11.5. The summed E-state index contributed by atoms with van der Waals surface area (Å²) in [6.07, 6.45) is 9.84. The summed E-state index contributed by atoms with van der Waals surface area (Å²) >= 11 is 0. The van der Waals surface area contributed by atoms with Crippen molar-refractivity contribution in [3.63, 3.8) is 0 Å². The van der Waals surface area contributed by atoms with Crippen molar-refractivity contribution >= 4 is 5.97 Å². The lowest BCUT2D eigenvalue weighted by Gasteiger charge is -2.19. The molecule has 0 saturated heterocycles. The van der Waals surface area contributed by atoms with Crippen LogP contribution in [0.3, 0.4) is 0 Å². The van der Waals surface area contributed by atoms with Crippen LogP contribution in [0.4, 0.5) is 0 Å². The summed E-state index contributed by atoms with van der Waals surface area (Å²) in [7, 11) is 0. The van der Waals surface area contributed by atoms with E-state index in [-0.39, 0.29) is 11.6 Å². The van der Waals surface area contributed by atoms with Crippen LogP contribution in [0.5, 0.6) is 0 Å². The van der Waals surface area contributed by atoms with Crippen LogP contribution in [0.1, 0.15) is 85.5 Å². The van der Waals surface area contributed by atoms with Crippen molar-refractivity contribution in [2.75, 3.05) is 13.2 Å². The molecular weight excluding hydrogens is 252 g/mol. The first-order valence-electron chi connectivity index (χ1n) is 8.25. The Labute approximate surface area is 125 Å². The summed E-state index contributed by atoms with van der Waals surface area (Å²) in [5.41, 5.74) is -0.358. The molecule has 0 radical (unpaired) electrons. The van der Waals surface area contributed by atoms with Gasteiger partial charge in [0.05, 0.1) is 0 Å². The first kappa shape index (κ1) is 19.4. The molecule has 0 rings (SSSR count). The molecule has 0 aliphatic carbocycles. The monoisotopic (exact) mass is 286 g/mol. The Kier molecular flexibility index (Phi) is 11.8. The van der Waals surface area contributed by atoms with Crippen LogP contribution in [0.15, 0.2) is 0 Å². The predicted molar refractivity (Wildman–Crippen MR) is 83.9 cm³/mol. The highest BCUT2D eigenvalue weighted by atomic mass is 16.6. The van der Waals surface area contributed by atoms with Gasteiger partial charge in [0, 0.05) is 19.6 Å². The first-order valence-corrected chi connectivity index (χ1v) is 8.25. The fraction of sp³-hybridized carbons (Fsp3) is 0.941. The van der Waals surface area contributed by atoms with Crippen molar-refractivity contribution in [3.05, 3.63) is 0 Å². The second-order valence-corrected chi connectivity index (χ2v) is 6.42.